The highest BCUT2D eigenvalue weighted by molar-refractivity contribution is 7.12. The lowest BCUT2D eigenvalue weighted by molar-refractivity contribution is -0.142. The highest BCUT2D eigenvalue weighted by Gasteiger charge is 2.58. The third-order valence-electron chi connectivity index (χ3n) is 8.39. The SMILES string of the molecule is CC(C)(C)c1ccc(C2C(C(=O)c3cccs3)C(c3ccc4c(c3)OCO4)N(C(=O)N3CCOCC3)C2C(=O)O)cc1. The molecule has 6 rings (SSSR count). The first-order chi connectivity index (χ1) is 20.1. The number of carboxylic acids is 1. The maximum absolute atomic E-state index is 14.4. The molecule has 0 radical (unpaired) electrons. The number of carboxylic acid groups (broad SMARTS) is 1. The van der Waals surface area contributed by atoms with Gasteiger partial charge in [0.15, 0.2) is 17.3 Å². The highest BCUT2D eigenvalue weighted by Crippen LogP contribution is 2.53. The molecule has 0 spiro atoms. The minimum atomic E-state index is -1.29. The number of rotatable bonds is 5. The molecule has 4 atom stereocenters. The number of nitrogens with zero attached hydrogens (tertiary/aromatic N) is 2. The molecule has 1 N–H and O–H groups in total. The molecule has 3 aliphatic rings. The van der Waals surface area contributed by atoms with Crippen LogP contribution in [0.1, 0.15) is 59.1 Å². The van der Waals surface area contributed by atoms with Crippen LogP contribution < -0.4 is 9.47 Å². The number of ether oxygens (including phenoxy) is 3. The number of hydrogen-bond donors (Lipinski definition) is 1. The van der Waals surface area contributed by atoms with Crippen LogP contribution in [0.2, 0.25) is 0 Å². The Kier molecular flexibility index (Phi) is 7.44. The summed E-state index contributed by atoms with van der Waals surface area (Å²) >= 11 is 1.31. The van der Waals surface area contributed by atoms with Gasteiger partial charge in [0.2, 0.25) is 6.79 Å². The number of thiophene rings is 1. The Morgan fingerprint density at radius 2 is 1.62 bits per heavy atom. The fraction of sp³-hybridized carbons (Fsp3) is 0.406. The van der Waals surface area contributed by atoms with E-state index in [2.05, 4.69) is 20.8 Å². The molecule has 220 valence electrons. The van der Waals surface area contributed by atoms with Crippen LogP contribution in [0.25, 0.3) is 0 Å². The smallest absolute Gasteiger partial charge is 0.327 e. The minimum absolute atomic E-state index is 0.0674. The predicted molar refractivity (Wildman–Crippen MR) is 156 cm³/mol. The summed E-state index contributed by atoms with van der Waals surface area (Å²) in [5.74, 6) is -1.96. The van der Waals surface area contributed by atoms with Gasteiger partial charge in [0.05, 0.1) is 30.1 Å². The van der Waals surface area contributed by atoms with E-state index in [0.717, 1.165) is 5.56 Å². The lowest BCUT2D eigenvalue weighted by Gasteiger charge is -2.36. The molecule has 4 heterocycles. The maximum atomic E-state index is 14.4. The molecule has 3 aliphatic heterocycles. The van der Waals surface area contributed by atoms with Crippen molar-refractivity contribution < 1.29 is 33.7 Å². The summed E-state index contributed by atoms with van der Waals surface area (Å²) in [6.45, 7) is 7.80. The summed E-state index contributed by atoms with van der Waals surface area (Å²) < 4.78 is 16.7. The standard InChI is InChI=1S/C32H34N2O7S/c1-32(2,3)21-9-6-19(7-10-21)25-26(29(35)24-5-4-16-42-24)27(20-8-11-22-23(17-20)41-18-40-22)34(28(25)30(36)37)31(38)33-12-14-39-15-13-33/h4-11,16-17,25-28H,12-15,18H2,1-3H3,(H,36,37). The van der Waals surface area contributed by atoms with Gasteiger partial charge in [-0.1, -0.05) is 57.2 Å². The third-order valence-corrected chi connectivity index (χ3v) is 9.27. The van der Waals surface area contributed by atoms with Crippen molar-refractivity contribution in [2.24, 2.45) is 5.92 Å². The van der Waals surface area contributed by atoms with E-state index in [9.17, 15) is 19.5 Å². The van der Waals surface area contributed by atoms with Gasteiger partial charge in [-0.15, -0.1) is 11.3 Å². The van der Waals surface area contributed by atoms with Crippen molar-refractivity contribution in [2.75, 3.05) is 33.1 Å². The van der Waals surface area contributed by atoms with Gasteiger partial charge < -0.3 is 29.1 Å². The average Bonchev–Trinajstić information content (AvgIpc) is 3.75. The summed E-state index contributed by atoms with van der Waals surface area (Å²) in [7, 11) is 0. The second-order valence-electron chi connectivity index (χ2n) is 11.9. The summed E-state index contributed by atoms with van der Waals surface area (Å²) in [6, 6.07) is 14.1. The van der Waals surface area contributed by atoms with E-state index in [-0.39, 0.29) is 18.0 Å². The fourth-order valence-electron chi connectivity index (χ4n) is 6.29. The van der Waals surface area contributed by atoms with Crippen LogP contribution >= 0.6 is 11.3 Å². The number of morpholine rings is 1. The number of hydrogen-bond acceptors (Lipinski definition) is 7. The summed E-state index contributed by atoms with van der Waals surface area (Å²) in [5.41, 5.74) is 2.30. The van der Waals surface area contributed by atoms with E-state index < -0.39 is 35.9 Å². The van der Waals surface area contributed by atoms with E-state index >= 15 is 0 Å². The second kappa shape index (κ2) is 11.1. The monoisotopic (exact) mass is 590 g/mol. The van der Waals surface area contributed by atoms with E-state index in [1.807, 2.05) is 29.6 Å². The van der Waals surface area contributed by atoms with Gasteiger partial charge in [0, 0.05) is 19.0 Å². The van der Waals surface area contributed by atoms with Gasteiger partial charge >= 0.3 is 12.0 Å². The van der Waals surface area contributed by atoms with Crippen LogP contribution in [0.3, 0.4) is 0 Å². The summed E-state index contributed by atoms with van der Waals surface area (Å²) in [5, 5.41) is 12.6. The summed E-state index contributed by atoms with van der Waals surface area (Å²) in [4.78, 5) is 45.6. The molecular formula is C32H34N2O7S. The van der Waals surface area contributed by atoms with Gasteiger partial charge in [-0.05, 0) is 45.7 Å². The zero-order chi connectivity index (χ0) is 29.6. The second-order valence-corrected chi connectivity index (χ2v) is 12.8. The van der Waals surface area contributed by atoms with Crippen LogP contribution in [-0.4, -0.2) is 71.8 Å². The van der Waals surface area contributed by atoms with Crippen molar-refractivity contribution in [2.45, 2.75) is 44.2 Å². The molecule has 42 heavy (non-hydrogen) atoms. The minimum Gasteiger partial charge on any atom is -0.480 e. The Hall–Kier alpha value is -3.89. The van der Waals surface area contributed by atoms with E-state index in [4.69, 9.17) is 14.2 Å². The quantitative estimate of drug-likeness (QED) is 0.401. The van der Waals surface area contributed by atoms with Crippen molar-refractivity contribution >= 4 is 29.1 Å². The van der Waals surface area contributed by atoms with Crippen molar-refractivity contribution in [3.05, 3.63) is 81.5 Å². The van der Waals surface area contributed by atoms with Gasteiger partial charge in [-0.25, -0.2) is 9.59 Å². The molecular weight excluding hydrogens is 556 g/mol. The molecule has 2 fully saturated rings. The summed E-state index contributed by atoms with van der Waals surface area (Å²) in [6.07, 6.45) is 0. The average molecular weight is 591 g/mol. The van der Waals surface area contributed by atoms with Crippen LogP contribution in [0.4, 0.5) is 4.79 Å². The number of benzene rings is 2. The van der Waals surface area contributed by atoms with Crippen LogP contribution in [0.15, 0.2) is 60.0 Å². The zero-order valence-electron chi connectivity index (χ0n) is 23.8. The molecule has 4 unspecified atom stereocenters. The first-order valence-electron chi connectivity index (χ1n) is 14.1. The van der Waals surface area contributed by atoms with Crippen molar-refractivity contribution in [1.82, 2.24) is 9.80 Å². The largest absolute Gasteiger partial charge is 0.480 e. The number of urea groups is 1. The van der Waals surface area contributed by atoms with Gasteiger partial charge in [-0.3, -0.25) is 4.79 Å². The molecule has 2 amide bonds. The highest BCUT2D eigenvalue weighted by atomic mass is 32.1. The molecule has 0 saturated carbocycles. The maximum Gasteiger partial charge on any atom is 0.327 e. The Morgan fingerprint density at radius 1 is 0.929 bits per heavy atom. The molecule has 3 aromatic rings. The molecule has 2 saturated heterocycles. The van der Waals surface area contributed by atoms with Crippen LogP contribution in [0.5, 0.6) is 11.5 Å². The van der Waals surface area contributed by atoms with Crippen molar-refractivity contribution in [1.29, 1.82) is 0 Å². The number of amides is 2. The Bertz CT molecular complexity index is 1480. The van der Waals surface area contributed by atoms with Crippen molar-refractivity contribution in [3.63, 3.8) is 0 Å². The van der Waals surface area contributed by atoms with E-state index in [1.165, 1.54) is 16.2 Å². The fourth-order valence-corrected chi connectivity index (χ4v) is 7.00. The van der Waals surface area contributed by atoms with Gasteiger partial charge in [0.1, 0.15) is 6.04 Å². The van der Waals surface area contributed by atoms with E-state index in [1.54, 1.807) is 35.2 Å². The van der Waals surface area contributed by atoms with E-state index in [0.29, 0.717) is 53.8 Å². The molecule has 9 nitrogen and oxygen atoms in total. The van der Waals surface area contributed by atoms with Crippen LogP contribution in [-0.2, 0) is 14.9 Å². The number of carbonyl (C=O) groups is 3. The molecule has 2 aromatic carbocycles. The molecule has 1 aromatic heterocycles. The number of carbonyl (C=O) groups excluding carboxylic acids is 2. The number of likely N-dealkylation sites (tertiary alicyclic amines) is 1. The molecule has 0 bridgehead atoms. The first-order valence-corrected chi connectivity index (χ1v) is 15.0. The number of aliphatic carboxylic acids is 1. The van der Waals surface area contributed by atoms with Gasteiger partial charge in [-0.2, -0.15) is 0 Å². The number of ketones is 1. The predicted octanol–water partition coefficient (Wildman–Crippen LogP) is 5.32. The third kappa shape index (κ3) is 5.03. The van der Waals surface area contributed by atoms with Crippen molar-refractivity contribution in [3.8, 4) is 11.5 Å². The normalized spacial score (nSPS) is 23.7. The Balaban J connectivity index is 1.55. The zero-order valence-corrected chi connectivity index (χ0v) is 24.6. The lowest BCUT2D eigenvalue weighted by atomic mass is 9.76. The topological polar surface area (TPSA) is 106 Å². The Labute approximate surface area is 248 Å². The van der Waals surface area contributed by atoms with Gasteiger partial charge in [0.25, 0.3) is 0 Å². The number of fused-ring (bicyclic) bond motifs is 1. The Morgan fingerprint density at radius 3 is 2.26 bits per heavy atom. The molecule has 0 aliphatic carbocycles. The lowest BCUT2D eigenvalue weighted by Crippen LogP contribution is -2.52. The number of Topliss-reactive ketones (excluding diaryl/α,β-unsaturated/α-hetero) is 1. The first kappa shape index (κ1) is 28.2. The van der Waals surface area contributed by atoms with Crippen LogP contribution in [0, 0.1) is 5.92 Å². The molecule has 10 heteroatoms.